The van der Waals surface area contributed by atoms with Gasteiger partial charge in [-0.15, -0.1) is 5.10 Å². The van der Waals surface area contributed by atoms with Gasteiger partial charge in [0, 0.05) is 51.9 Å². The molecular weight excluding hydrogens is 526 g/mol. The number of benzene rings is 1. The predicted molar refractivity (Wildman–Crippen MR) is 141 cm³/mol. The summed E-state index contributed by atoms with van der Waals surface area (Å²) in [5, 5.41) is 7.47. The van der Waals surface area contributed by atoms with Gasteiger partial charge in [0.05, 0.1) is 25.2 Å². The second kappa shape index (κ2) is 11.0. The number of nitrogens with one attached hydrogen (secondary N) is 1. The average Bonchev–Trinajstić information content (AvgIpc) is 3.64. The van der Waals surface area contributed by atoms with Crippen molar-refractivity contribution in [1.82, 2.24) is 34.4 Å². The lowest BCUT2D eigenvalue weighted by molar-refractivity contribution is -0.133. The maximum atomic E-state index is 14.3. The van der Waals surface area contributed by atoms with E-state index < -0.39 is 17.7 Å². The van der Waals surface area contributed by atoms with Crippen LogP contribution < -0.4 is 16.0 Å². The van der Waals surface area contributed by atoms with Crippen LogP contribution in [0, 0.1) is 11.6 Å². The third-order valence-corrected chi connectivity index (χ3v) is 6.96. The molecule has 6 rings (SSSR count). The van der Waals surface area contributed by atoms with Crippen LogP contribution in [-0.4, -0.2) is 105 Å². The van der Waals surface area contributed by atoms with Crippen LogP contribution in [0.15, 0.2) is 41.0 Å². The van der Waals surface area contributed by atoms with Gasteiger partial charge in [-0.2, -0.15) is 19.5 Å². The number of furan rings is 1. The van der Waals surface area contributed by atoms with E-state index in [2.05, 4.69) is 30.3 Å². The predicted octanol–water partition coefficient (Wildman–Crippen LogP) is 1.10. The Bertz CT molecular complexity index is 1480. The van der Waals surface area contributed by atoms with Crippen molar-refractivity contribution in [2.24, 2.45) is 0 Å². The van der Waals surface area contributed by atoms with Crippen LogP contribution in [0.2, 0.25) is 0 Å². The number of carbonyl (C=O) groups excluding carboxylic acids is 1. The van der Waals surface area contributed by atoms with Gasteiger partial charge in [-0.25, -0.2) is 8.78 Å². The standard InChI is InChI=1S/C25H28F2N10O3/c26-16-3-4-19(17(27)14-16)35-5-7-36(8-6-35)22(38)18(15-34-9-12-39-13-10-34)29-24-31-23(28)37-25(32-24)30-21(33-37)20-2-1-11-40-20/h1-4,11,14,18H,5-10,12-13,15H2,(H3,28,29,30,31,32,33)/t18-/m0/s1. The Morgan fingerprint density at radius 3 is 2.58 bits per heavy atom. The van der Waals surface area contributed by atoms with Gasteiger partial charge in [0.25, 0.3) is 5.78 Å². The van der Waals surface area contributed by atoms with E-state index >= 15 is 0 Å². The molecule has 40 heavy (non-hydrogen) atoms. The number of amides is 1. The van der Waals surface area contributed by atoms with Gasteiger partial charge in [-0.05, 0) is 24.3 Å². The molecule has 1 amide bonds. The van der Waals surface area contributed by atoms with Crippen molar-refractivity contribution >= 4 is 29.3 Å². The maximum absolute atomic E-state index is 14.3. The van der Waals surface area contributed by atoms with Crippen molar-refractivity contribution in [1.29, 1.82) is 0 Å². The number of aromatic nitrogens is 5. The van der Waals surface area contributed by atoms with E-state index in [1.54, 1.807) is 17.0 Å². The van der Waals surface area contributed by atoms with Gasteiger partial charge in [0.1, 0.15) is 17.7 Å². The zero-order valence-electron chi connectivity index (χ0n) is 21.5. The van der Waals surface area contributed by atoms with E-state index in [0.717, 1.165) is 6.07 Å². The first-order valence-corrected chi connectivity index (χ1v) is 12.9. The Labute approximate surface area is 227 Å². The molecule has 3 aromatic heterocycles. The SMILES string of the molecule is Nc1nc(N[C@@H](CN2CCOCC2)C(=O)N2CCN(c3ccc(F)cc3F)CC2)nc2nc(-c3ccco3)nn12. The molecule has 2 aliphatic rings. The Morgan fingerprint density at radius 1 is 1.05 bits per heavy atom. The van der Waals surface area contributed by atoms with Crippen LogP contribution in [0.5, 0.6) is 0 Å². The highest BCUT2D eigenvalue weighted by molar-refractivity contribution is 5.85. The van der Waals surface area contributed by atoms with E-state index in [1.165, 1.54) is 22.9 Å². The smallest absolute Gasteiger partial charge is 0.259 e. The number of morpholine rings is 1. The summed E-state index contributed by atoms with van der Waals surface area (Å²) in [6.45, 7) is 4.47. The number of piperazine rings is 1. The van der Waals surface area contributed by atoms with Gasteiger partial charge in [-0.1, -0.05) is 0 Å². The number of fused-ring (bicyclic) bond motifs is 1. The van der Waals surface area contributed by atoms with Crippen LogP contribution in [0.4, 0.5) is 26.4 Å². The maximum Gasteiger partial charge on any atom is 0.259 e. The summed E-state index contributed by atoms with van der Waals surface area (Å²) in [5.41, 5.74) is 6.47. The zero-order chi connectivity index (χ0) is 27.6. The monoisotopic (exact) mass is 554 g/mol. The molecule has 0 aliphatic carbocycles. The summed E-state index contributed by atoms with van der Waals surface area (Å²) >= 11 is 0. The van der Waals surface area contributed by atoms with Crippen molar-refractivity contribution in [2.75, 3.05) is 75.0 Å². The fourth-order valence-electron chi connectivity index (χ4n) is 4.89. The van der Waals surface area contributed by atoms with E-state index in [-0.39, 0.29) is 23.6 Å². The molecule has 210 valence electrons. The summed E-state index contributed by atoms with van der Waals surface area (Å²) < 4.78 is 39.8. The van der Waals surface area contributed by atoms with E-state index in [1.807, 2.05) is 4.90 Å². The van der Waals surface area contributed by atoms with Crippen LogP contribution in [0.1, 0.15) is 0 Å². The minimum atomic E-state index is -0.693. The lowest BCUT2D eigenvalue weighted by Crippen LogP contribution is -2.56. The van der Waals surface area contributed by atoms with Gasteiger partial charge >= 0.3 is 0 Å². The molecule has 1 atom stereocenters. The molecule has 13 nitrogen and oxygen atoms in total. The van der Waals surface area contributed by atoms with E-state index in [0.29, 0.717) is 76.3 Å². The summed E-state index contributed by atoms with van der Waals surface area (Å²) in [7, 11) is 0. The molecule has 0 radical (unpaired) electrons. The normalized spacial score (nSPS) is 17.4. The van der Waals surface area contributed by atoms with Crippen molar-refractivity contribution in [3.63, 3.8) is 0 Å². The second-order valence-corrected chi connectivity index (χ2v) is 9.55. The fraction of sp³-hybridized carbons (Fsp3) is 0.400. The van der Waals surface area contributed by atoms with Gasteiger partial charge in [0.2, 0.25) is 23.6 Å². The van der Waals surface area contributed by atoms with Crippen molar-refractivity contribution in [3.8, 4) is 11.6 Å². The van der Waals surface area contributed by atoms with Crippen LogP contribution in [-0.2, 0) is 9.53 Å². The zero-order valence-corrected chi connectivity index (χ0v) is 21.5. The number of anilines is 3. The minimum absolute atomic E-state index is 0.0466. The highest BCUT2D eigenvalue weighted by atomic mass is 19.1. The molecule has 0 saturated carbocycles. The number of ether oxygens (including phenoxy) is 1. The van der Waals surface area contributed by atoms with Gasteiger partial charge in [0.15, 0.2) is 5.76 Å². The average molecular weight is 555 g/mol. The molecule has 0 bridgehead atoms. The third-order valence-electron chi connectivity index (χ3n) is 6.96. The Balaban J connectivity index is 1.20. The topological polar surface area (TPSA) is 143 Å². The highest BCUT2D eigenvalue weighted by Crippen LogP contribution is 2.22. The van der Waals surface area contributed by atoms with E-state index in [4.69, 9.17) is 14.9 Å². The first kappa shape index (κ1) is 25.9. The minimum Gasteiger partial charge on any atom is -0.461 e. The van der Waals surface area contributed by atoms with Crippen LogP contribution >= 0.6 is 0 Å². The van der Waals surface area contributed by atoms with Crippen molar-refractivity contribution < 1.29 is 22.7 Å². The fourth-order valence-corrected chi connectivity index (χ4v) is 4.89. The number of nitrogens with zero attached hydrogens (tertiary/aromatic N) is 8. The van der Waals surface area contributed by atoms with Crippen LogP contribution in [0.25, 0.3) is 17.4 Å². The summed E-state index contributed by atoms with van der Waals surface area (Å²) in [6, 6.07) is 6.27. The largest absolute Gasteiger partial charge is 0.461 e. The number of hydrogen-bond donors (Lipinski definition) is 2. The molecule has 2 saturated heterocycles. The number of hydrogen-bond acceptors (Lipinski definition) is 11. The molecular formula is C25H28F2N10O3. The Kier molecular flexibility index (Phi) is 7.13. The lowest BCUT2D eigenvalue weighted by Gasteiger charge is -2.38. The molecule has 4 aromatic rings. The quantitative estimate of drug-likeness (QED) is 0.339. The van der Waals surface area contributed by atoms with Gasteiger partial charge in [-0.3, -0.25) is 9.69 Å². The summed E-state index contributed by atoms with van der Waals surface area (Å²) in [6.07, 6.45) is 1.51. The molecule has 2 aliphatic heterocycles. The number of nitrogens with two attached hydrogens (primary N) is 1. The van der Waals surface area contributed by atoms with Crippen molar-refractivity contribution in [2.45, 2.75) is 6.04 Å². The number of nitrogen functional groups attached to an aromatic ring is 1. The summed E-state index contributed by atoms with van der Waals surface area (Å²) in [5.74, 6) is -0.248. The molecule has 5 heterocycles. The van der Waals surface area contributed by atoms with Gasteiger partial charge < -0.3 is 30.0 Å². The van der Waals surface area contributed by atoms with E-state index in [9.17, 15) is 13.6 Å². The number of carbonyl (C=O) groups is 1. The highest BCUT2D eigenvalue weighted by Gasteiger charge is 2.31. The molecule has 0 spiro atoms. The third kappa shape index (κ3) is 5.37. The number of halogens is 2. The Hall–Kier alpha value is -4.37. The van der Waals surface area contributed by atoms with Crippen LogP contribution in [0.3, 0.4) is 0 Å². The molecule has 0 unspecified atom stereocenters. The first-order valence-electron chi connectivity index (χ1n) is 12.9. The number of rotatable bonds is 7. The first-order chi connectivity index (χ1) is 19.4. The molecule has 1 aromatic carbocycles. The summed E-state index contributed by atoms with van der Waals surface area (Å²) in [4.78, 5) is 32.6. The van der Waals surface area contributed by atoms with Crippen molar-refractivity contribution in [3.05, 3.63) is 48.2 Å². The molecule has 15 heteroatoms. The molecule has 3 N–H and O–H groups in total. The molecule has 2 fully saturated rings. The lowest BCUT2D eigenvalue weighted by atomic mass is 10.1. The Morgan fingerprint density at radius 2 is 1.85 bits per heavy atom. The second-order valence-electron chi connectivity index (χ2n) is 9.55.